The van der Waals surface area contributed by atoms with Crippen LogP contribution in [0.25, 0.3) is 0 Å². The number of carbonyl (C=O) groups excluding carboxylic acids is 1. The highest BCUT2D eigenvalue weighted by molar-refractivity contribution is 5.88. The fourth-order valence-electron chi connectivity index (χ4n) is 3.94. The van der Waals surface area contributed by atoms with Crippen LogP contribution in [0.5, 0.6) is 0 Å². The lowest BCUT2D eigenvalue weighted by Gasteiger charge is -2.37. The minimum absolute atomic E-state index is 0.0822. The molecule has 1 amide bonds. The zero-order valence-corrected chi connectivity index (χ0v) is 13.8. The van der Waals surface area contributed by atoms with Crippen LogP contribution in [-0.4, -0.2) is 41.1 Å². The third kappa shape index (κ3) is 4.01. The molecule has 1 saturated carbocycles. The van der Waals surface area contributed by atoms with E-state index in [1.807, 2.05) is 0 Å². The van der Waals surface area contributed by atoms with Crippen LogP contribution in [0.4, 0.5) is 8.78 Å². The fourth-order valence-corrected chi connectivity index (χ4v) is 3.94. The Labute approximate surface area is 136 Å². The van der Waals surface area contributed by atoms with E-state index in [2.05, 4.69) is 5.16 Å². The number of piperidine rings is 1. The van der Waals surface area contributed by atoms with E-state index in [4.69, 9.17) is 4.84 Å². The van der Waals surface area contributed by atoms with Gasteiger partial charge >= 0.3 is 0 Å². The molecule has 23 heavy (non-hydrogen) atoms. The number of hydrogen-bond donors (Lipinski definition) is 0. The highest BCUT2D eigenvalue weighted by Crippen LogP contribution is 2.39. The summed E-state index contributed by atoms with van der Waals surface area (Å²) >= 11 is 0. The fraction of sp³-hybridized carbons (Fsp3) is 0.882. The van der Waals surface area contributed by atoms with Gasteiger partial charge < -0.3 is 9.74 Å². The molecule has 0 unspecified atom stereocenters. The van der Waals surface area contributed by atoms with Crippen LogP contribution < -0.4 is 0 Å². The van der Waals surface area contributed by atoms with E-state index in [1.54, 1.807) is 4.90 Å². The number of nitrogens with zero attached hydrogens (tertiary/aromatic N) is 2. The number of likely N-dealkylation sites (tertiary alicyclic amines) is 1. The number of hydrogen-bond acceptors (Lipinski definition) is 3. The second-order valence-corrected chi connectivity index (χ2v) is 7.47. The van der Waals surface area contributed by atoms with Gasteiger partial charge in [0.25, 0.3) is 0 Å². The molecule has 0 N–H and O–H groups in total. The summed E-state index contributed by atoms with van der Waals surface area (Å²) in [5.74, 6) is -2.36. The average molecular weight is 328 g/mol. The predicted molar refractivity (Wildman–Crippen MR) is 83.5 cm³/mol. The van der Waals surface area contributed by atoms with Crippen LogP contribution in [0.2, 0.25) is 0 Å². The van der Waals surface area contributed by atoms with Crippen LogP contribution in [0.15, 0.2) is 5.16 Å². The zero-order chi connectivity index (χ0) is 16.5. The van der Waals surface area contributed by atoms with Gasteiger partial charge in [0.2, 0.25) is 11.8 Å². The minimum atomic E-state index is -2.77. The van der Waals surface area contributed by atoms with Gasteiger partial charge in [-0.1, -0.05) is 18.0 Å². The first-order valence-electron chi connectivity index (χ1n) is 8.77. The molecule has 2 heterocycles. The van der Waals surface area contributed by atoms with Crippen molar-refractivity contribution in [3.05, 3.63) is 0 Å². The Kier molecular flexibility index (Phi) is 4.61. The molecule has 0 aromatic rings. The number of rotatable bonds is 4. The summed E-state index contributed by atoms with van der Waals surface area (Å²) in [5.41, 5.74) is 0.955. The van der Waals surface area contributed by atoms with Gasteiger partial charge in [-0.25, -0.2) is 8.78 Å². The minimum Gasteiger partial charge on any atom is -0.389 e. The zero-order valence-electron chi connectivity index (χ0n) is 13.8. The lowest BCUT2D eigenvalue weighted by Crippen LogP contribution is -2.47. The van der Waals surface area contributed by atoms with Gasteiger partial charge in [0.05, 0.1) is 5.71 Å². The van der Waals surface area contributed by atoms with Crippen molar-refractivity contribution < 1.29 is 18.4 Å². The molecule has 2 aliphatic heterocycles. The molecule has 1 saturated heterocycles. The summed E-state index contributed by atoms with van der Waals surface area (Å²) in [6.45, 7) is 2.03. The molecule has 4 nitrogen and oxygen atoms in total. The average Bonchev–Trinajstić information content (AvgIpc) is 3.15. The maximum absolute atomic E-state index is 12.9. The molecule has 0 bridgehead atoms. The first kappa shape index (κ1) is 16.7. The highest BCUT2D eigenvalue weighted by atomic mass is 19.3. The first-order valence-corrected chi connectivity index (χ1v) is 8.77. The van der Waals surface area contributed by atoms with E-state index in [1.165, 1.54) is 31.4 Å². The van der Waals surface area contributed by atoms with Gasteiger partial charge in [-0.05, 0) is 19.8 Å². The van der Waals surface area contributed by atoms with Gasteiger partial charge in [0, 0.05) is 51.1 Å². The van der Waals surface area contributed by atoms with Gasteiger partial charge in [-0.2, -0.15) is 0 Å². The van der Waals surface area contributed by atoms with Crippen LogP contribution in [0.3, 0.4) is 0 Å². The van der Waals surface area contributed by atoms with Crippen molar-refractivity contribution in [3.8, 4) is 0 Å². The molecule has 2 fully saturated rings. The number of alkyl halides is 2. The molecule has 0 radical (unpaired) electrons. The number of amides is 1. The van der Waals surface area contributed by atoms with Crippen LogP contribution in [0.1, 0.15) is 64.7 Å². The van der Waals surface area contributed by atoms with E-state index in [9.17, 15) is 13.6 Å². The Morgan fingerprint density at radius 3 is 2.61 bits per heavy atom. The Balaban J connectivity index is 1.46. The van der Waals surface area contributed by atoms with Gasteiger partial charge in [-0.3, -0.25) is 4.79 Å². The van der Waals surface area contributed by atoms with E-state index in [0.29, 0.717) is 19.0 Å². The molecule has 0 atom stereocenters. The summed E-state index contributed by atoms with van der Waals surface area (Å²) in [4.78, 5) is 19.5. The van der Waals surface area contributed by atoms with Crippen molar-refractivity contribution in [1.82, 2.24) is 4.90 Å². The Hall–Kier alpha value is -1.20. The normalized spacial score (nSPS) is 24.8. The quantitative estimate of drug-likeness (QED) is 0.789. The van der Waals surface area contributed by atoms with E-state index < -0.39 is 5.92 Å². The summed E-state index contributed by atoms with van der Waals surface area (Å²) in [5, 5.41) is 4.35. The van der Waals surface area contributed by atoms with Crippen molar-refractivity contribution in [1.29, 1.82) is 0 Å². The Morgan fingerprint density at radius 1 is 1.35 bits per heavy atom. The molecule has 3 aliphatic rings. The highest BCUT2D eigenvalue weighted by Gasteiger charge is 2.44. The van der Waals surface area contributed by atoms with Crippen LogP contribution in [-0.2, 0) is 9.63 Å². The first-order chi connectivity index (χ1) is 10.9. The van der Waals surface area contributed by atoms with Crippen molar-refractivity contribution in [3.63, 3.8) is 0 Å². The van der Waals surface area contributed by atoms with Crippen molar-refractivity contribution in [2.24, 2.45) is 11.1 Å². The largest absolute Gasteiger partial charge is 0.389 e. The molecule has 0 aromatic heterocycles. The maximum Gasteiger partial charge on any atom is 0.245 e. The third-order valence-corrected chi connectivity index (χ3v) is 5.49. The van der Waals surface area contributed by atoms with Crippen molar-refractivity contribution in [2.45, 2.75) is 76.2 Å². The lowest BCUT2D eigenvalue weighted by molar-refractivity contribution is -0.138. The van der Waals surface area contributed by atoms with Crippen LogP contribution >= 0.6 is 0 Å². The van der Waals surface area contributed by atoms with Crippen molar-refractivity contribution >= 4 is 11.6 Å². The number of oxime groups is 1. The lowest BCUT2D eigenvalue weighted by atomic mass is 9.83. The second kappa shape index (κ2) is 6.36. The summed E-state index contributed by atoms with van der Waals surface area (Å²) in [6, 6.07) is 0. The van der Waals surface area contributed by atoms with E-state index in [-0.39, 0.29) is 24.3 Å². The number of halogens is 2. The van der Waals surface area contributed by atoms with Crippen molar-refractivity contribution in [2.75, 3.05) is 13.1 Å². The Bertz CT molecular complexity index is 473. The molecule has 0 aromatic carbocycles. The smallest absolute Gasteiger partial charge is 0.245 e. The number of carbonyl (C=O) groups is 1. The molecule has 130 valence electrons. The topological polar surface area (TPSA) is 41.9 Å². The molecule has 3 rings (SSSR count). The van der Waals surface area contributed by atoms with E-state index >= 15 is 0 Å². The van der Waals surface area contributed by atoms with E-state index in [0.717, 1.165) is 26.2 Å². The standard InChI is InChI=1S/C17H26F2N2O2/c1-16(18,19)7-6-15(22)21-10-8-17(9-11-21)12-14(20-23-17)13-4-2-3-5-13/h13H,2-12H2,1H3. The maximum atomic E-state index is 12.9. The molecular formula is C17H26F2N2O2. The summed E-state index contributed by atoms with van der Waals surface area (Å²) in [7, 11) is 0. The summed E-state index contributed by atoms with van der Waals surface area (Å²) in [6.07, 6.45) is 6.92. The van der Waals surface area contributed by atoms with Crippen LogP contribution in [0, 0.1) is 5.92 Å². The van der Waals surface area contributed by atoms with Gasteiger partial charge in [-0.15, -0.1) is 0 Å². The third-order valence-electron chi connectivity index (χ3n) is 5.49. The van der Waals surface area contributed by atoms with Gasteiger partial charge in [0.1, 0.15) is 5.60 Å². The molecule has 1 spiro atoms. The second-order valence-electron chi connectivity index (χ2n) is 7.47. The molecule has 6 heteroatoms. The molecular weight excluding hydrogens is 302 g/mol. The predicted octanol–water partition coefficient (Wildman–Crippen LogP) is 3.75. The molecule has 1 aliphatic carbocycles. The Morgan fingerprint density at radius 2 is 2.00 bits per heavy atom. The monoisotopic (exact) mass is 328 g/mol. The SMILES string of the molecule is CC(F)(F)CCC(=O)N1CCC2(CC1)CC(C1CCCC1)=NO2. The van der Waals surface area contributed by atoms with Gasteiger partial charge in [0.15, 0.2) is 0 Å². The summed E-state index contributed by atoms with van der Waals surface area (Å²) < 4.78 is 25.8.